The molecule has 1 aliphatic carbocycles. The molecule has 1 aliphatic rings. The lowest BCUT2D eigenvalue weighted by molar-refractivity contribution is -0.119. The fourth-order valence-electron chi connectivity index (χ4n) is 1.54. The molecule has 2 amide bonds. The lowest BCUT2D eigenvalue weighted by atomic mass is 10.2. The summed E-state index contributed by atoms with van der Waals surface area (Å²) in [5.41, 5.74) is 6.52. The van der Waals surface area contributed by atoms with Crippen molar-refractivity contribution in [2.24, 2.45) is 11.7 Å². The summed E-state index contributed by atoms with van der Waals surface area (Å²) in [7, 11) is 0. The van der Waals surface area contributed by atoms with Crippen LogP contribution in [-0.2, 0) is 9.59 Å². The molecule has 1 aromatic carbocycles. The number of hydrogen-bond donors (Lipinski definition) is 3. The molecule has 1 saturated carbocycles. The Bertz CT molecular complexity index is 496. The summed E-state index contributed by atoms with van der Waals surface area (Å²) in [5, 5.41) is 5.56. The smallest absolute Gasteiger partial charge is 0.244 e. The van der Waals surface area contributed by atoms with Crippen LogP contribution in [-0.4, -0.2) is 17.4 Å². The molecule has 6 heteroatoms. The molecular weight excluding hydrogens is 278 g/mol. The van der Waals surface area contributed by atoms with E-state index >= 15 is 0 Å². The Labute approximate surface area is 124 Å². The first-order valence-corrected chi connectivity index (χ1v) is 6.42. The highest BCUT2D eigenvalue weighted by Gasteiger charge is 2.45. The van der Waals surface area contributed by atoms with Gasteiger partial charge >= 0.3 is 0 Å². The summed E-state index contributed by atoms with van der Waals surface area (Å²) in [4.78, 5) is 23.3. The van der Waals surface area contributed by atoms with Gasteiger partial charge in [-0.25, -0.2) is 0 Å². The second-order valence-electron chi connectivity index (χ2n) is 5.33. The number of nitrogens with two attached hydrogens (primary N) is 1. The normalized spacial score (nSPS) is 15.2. The molecule has 0 unspecified atom stereocenters. The lowest BCUT2D eigenvalue weighted by Gasteiger charge is -2.11. The number of benzene rings is 1. The van der Waals surface area contributed by atoms with Gasteiger partial charge in [-0.2, -0.15) is 0 Å². The molecule has 0 bridgehead atoms. The highest BCUT2D eigenvalue weighted by Crippen LogP contribution is 2.33. The Balaban J connectivity index is 0.00000200. The summed E-state index contributed by atoms with van der Waals surface area (Å²) in [6.45, 7) is 3.67. The van der Waals surface area contributed by atoms with Crippen LogP contribution in [0, 0.1) is 5.92 Å². The number of carbonyl (C=O) groups excluding carboxylic acids is 2. The first kappa shape index (κ1) is 16.5. The van der Waals surface area contributed by atoms with Crippen LogP contribution in [0.2, 0.25) is 0 Å². The maximum atomic E-state index is 11.7. The molecule has 20 heavy (non-hydrogen) atoms. The average molecular weight is 298 g/mol. The molecule has 0 atom stereocenters. The molecule has 0 spiro atoms. The van der Waals surface area contributed by atoms with Crippen molar-refractivity contribution in [3.05, 3.63) is 24.3 Å². The third-order valence-electron chi connectivity index (χ3n) is 3.18. The first-order valence-electron chi connectivity index (χ1n) is 6.42. The van der Waals surface area contributed by atoms with Crippen molar-refractivity contribution in [1.29, 1.82) is 0 Å². The average Bonchev–Trinajstić information content (AvgIpc) is 3.11. The van der Waals surface area contributed by atoms with E-state index in [2.05, 4.69) is 10.6 Å². The summed E-state index contributed by atoms with van der Waals surface area (Å²) in [5.74, 6) is -0.242. The Morgan fingerprint density at radius 1 is 1.10 bits per heavy atom. The van der Waals surface area contributed by atoms with E-state index in [1.807, 2.05) is 13.8 Å². The summed E-state index contributed by atoms with van der Waals surface area (Å²) in [6, 6.07) is 7.01. The number of amides is 2. The van der Waals surface area contributed by atoms with E-state index in [0.717, 1.165) is 12.8 Å². The maximum Gasteiger partial charge on any atom is 0.244 e. The second-order valence-corrected chi connectivity index (χ2v) is 5.33. The van der Waals surface area contributed by atoms with Crippen molar-refractivity contribution in [1.82, 2.24) is 0 Å². The molecule has 0 aromatic heterocycles. The predicted molar refractivity (Wildman–Crippen MR) is 81.9 cm³/mol. The fourth-order valence-corrected chi connectivity index (χ4v) is 1.54. The molecule has 2 rings (SSSR count). The molecule has 1 aromatic rings. The molecule has 0 saturated heterocycles. The van der Waals surface area contributed by atoms with Crippen LogP contribution >= 0.6 is 12.4 Å². The van der Waals surface area contributed by atoms with E-state index in [-0.39, 0.29) is 30.1 Å². The Kier molecular flexibility index (Phi) is 5.14. The standard InChI is InChI=1S/C14H19N3O2.ClH/c1-9(2)12(18)16-10-3-5-11(6-4-10)17-13(19)14(15)7-8-14;/h3-6,9H,7-8,15H2,1-2H3,(H,16,18)(H,17,19);1H. The van der Waals surface area contributed by atoms with Gasteiger partial charge in [-0.1, -0.05) is 13.8 Å². The van der Waals surface area contributed by atoms with Gasteiger partial charge in [-0.15, -0.1) is 12.4 Å². The molecule has 5 nitrogen and oxygen atoms in total. The van der Waals surface area contributed by atoms with Gasteiger partial charge in [0.25, 0.3) is 0 Å². The summed E-state index contributed by atoms with van der Waals surface area (Å²) < 4.78 is 0. The minimum Gasteiger partial charge on any atom is -0.326 e. The Hall–Kier alpha value is -1.59. The topological polar surface area (TPSA) is 84.2 Å². The van der Waals surface area contributed by atoms with E-state index in [1.54, 1.807) is 24.3 Å². The van der Waals surface area contributed by atoms with Crippen molar-refractivity contribution < 1.29 is 9.59 Å². The third-order valence-corrected chi connectivity index (χ3v) is 3.18. The maximum absolute atomic E-state index is 11.7. The minimum atomic E-state index is -0.676. The summed E-state index contributed by atoms with van der Waals surface area (Å²) >= 11 is 0. The van der Waals surface area contributed by atoms with E-state index < -0.39 is 5.54 Å². The number of halogens is 1. The van der Waals surface area contributed by atoms with E-state index in [0.29, 0.717) is 11.4 Å². The van der Waals surface area contributed by atoms with Crippen molar-refractivity contribution >= 4 is 35.6 Å². The molecule has 0 aliphatic heterocycles. The zero-order valence-corrected chi connectivity index (χ0v) is 12.4. The zero-order chi connectivity index (χ0) is 14.0. The van der Waals surface area contributed by atoms with Gasteiger partial charge in [0.15, 0.2) is 0 Å². The highest BCUT2D eigenvalue weighted by atomic mass is 35.5. The van der Waals surface area contributed by atoms with Crippen LogP contribution in [0.5, 0.6) is 0 Å². The van der Waals surface area contributed by atoms with Crippen LogP contribution < -0.4 is 16.4 Å². The highest BCUT2D eigenvalue weighted by molar-refractivity contribution is 6.00. The van der Waals surface area contributed by atoms with Gasteiger partial charge in [0, 0.05) is 17.3 Å². The van der Waals surface area contributed by atoms with Crippen molar-refractivity contribution in [2.45, 2.75) is 32.2 Å². The van der Waals surface area contributed by atoms with Crippen LogP contribution in [0.15, 0.2) is 24.3 Å². The Morgan fingerprint density at radius 2 is 1.55 bits per heavy atom. The first-order chi connectivity index (χ1) is 8.90. The summed E-state index contributed by atoms with van der Waals surface area (Å²) in [6.07, 6.45) is 1.47. The van der Waals surface area contributed by atoms with Gasteiger partial charge < -0.3 is 16.4 Å². The van der Waals surface area contributed by atoms with Crippen LogP contribution in [0.3, 0.4) is 0 Å². The lowest BCUT2D eigenvalue weighted by Crippen LogP contribution is -2.37. The quantitative estimate of drug-likeness (QED) is 0.796. The van der Waals surface area contributed by atoms with Gasteiger partial charge in [0.2, 0.25) is 11.8 Å². The fraction of sp³-hybridized carbons (Fsp3) is 0.429. The monoisotopic (exact) mass is 297 g/mol. The molecule has 4 N–H and O–H groups in total. The Morgan fingerprint density at radius 3 is 1.95 bits per heavy atom. The zero-order valence-electron chi connectivity index (χ0n) is 11.6. The van der Waals surface area contributed by atoms with E-state index in [1.165, 1.54) is 0 Å². The van der Waals surface area contributed by atoms with Gasteiger partial charge in [0.05, 0.1) is 5.54 Å². The van der Waals surface area contributed by atoms with Crippen LogP contribution in [0.1, 0.15) is 26.7 Å². The number of hydrogen-bond acceptors (Lipinski definition) is 3. The molecular formula is C14H20ClN3O2. The van der Waals surface area contributed by atoms with Crippen molar-refractivity contribution in [2.75, 3.05) is 10.6 Å². The van der Waals surface area contributed by atoms with Crippen molar-refractivity contribution in [3.63, 3.8) is 0 Å². The SMILES string of the molecule is CC(C)C(=O)Nc1ccc(NC(=O)C2(N)CC2)cc1.Cl. The minimum absolute atomic E-state index is 0. The molecule has 1 fully saturated rings. The molecule has 0 radical (unpaired) electrons. The van der Waals surface area contributed by atoms with E-state index in [9.17, 15) is 9.59 Å². The van der Waals surface area contributed by atoms with E-state index in [4.69, 9.17) is 5.73 Å². The van der Waals surface area contributed by atoms with Crippen LogP contribution in [0.4, 0.5) is 11.4 Å². The third kappa shape index (κ3) is 3.95. The number of carbonyl (C=O) groups is 2. The van der Waals surface area contributed by atoms with Gasteiger partial charge in [-0.05, 0) is 37.1 Å². The largest absolute Gasteiger partial charge is 0.326 e. The van der Waals surface area contributed by atoms with Gasteiger partial charge in [-0.3, -0.25) is 9.59 Å². The van der Waals surface area contributed by atoms with Gasteiger partial charge in [0.1, 0.15) is 0 Å². The number of nitrogens with one attached hydrogen (secondary N) is 2. The second kappa shape index (κ2) is 6.24. The molecule has 110 valence electrons. The number of rotatable bonds is 4. The molecule has 0 heterocycles. The van der Waals surface area contributed by atoms with Crippen LogP contribution in [0.25, 0.3) is 0 Å². The van der Waals surface area contributed by atoms with Crippen molar-refractivity contribution in [3.8, 4) is 0 Å². The number of anilines is 2. The predicted octanol–water partition coefficient (Wildman–Crippen LogP) is 2.13.